The standard InChI is InChI=1S/C13H12N2O5S/c1-6-11(13(19)20)21-10(15-6)5-14-12(18)8-3-2-7(16)4-9(8)17/h2-4,16-17H,5H2,1H3,(H,14,18)(H,19,20). The summed E-state index contributed by atoms with van der Waals surface area (Å²) >= 11 is 0.984. The maximum atomic E-state index is 11.9. The number of aromatic nitrogens is 1. The number of aryl methyl sites for hydroxylation is 1. The Kier molecular flexibility index (Phi) is 4.08. The van der Waals surface area contributed by atoms with Gasteiger partial charge in [-0.05, 0) is 19.1 Å². The Labute approximate surface area is 123 Å². The first-order valence-corrected chi connectivity index (χ1v) is 6.70. The number of amides is 1. The Balaban J connectivity index is 2.07. The summed E-state index contributed by atoms with van der Waals surface area (Å²) in [5.74, 6) is -2.09. The van der Waals surface area contributed by atoms with Crippen molar-refractivity contribution in [2.24, 2.45) is 0 Å². The monoisotopic (exact) mass is 308 g/mol. The molecule has 1 aromatic carbocycles. The first-order valence-electron chi connectivity index (χ1n) is 5.88. The summed E-state index contributed by atoms with van der Waals surface area (Å²) in [6, 6.07) is 3.63. The molecule has 1 amide bonds. The molecule has 110 valence electrons. The molecular weight excluding hydrogens is 296 g/mol. The Morgan fingerprint density at radius 1 is 1.33 bits per heavy atom. The first-order chi connectivity index (χ1) is 9.88. The van der Waals surface area contributed by atoms with Crippen LogP contribution in [0, 0.1) is 6.92 Å². The molecule has 7 nitrogen and oxygen atoms in total. The van der Waals surface area contributed by atoms with Crippen LogP contribution >= 0.6 is 11.3 Å². The second kappa shape index (κ2) is 5.80. The number of phenols is 2. The molecule has 2 aromatic rings. The highest BCUT2D eigenvalue weighted by Gasteiger charge is 2.16. The van der Waals surface area contributed by atoms with Crippen molar-refractivity contribution in [1.82, 2.24) is 10.3 Å². The Hall–Kier alpha value is -2.61. The van der Waals surface area contributed by atoms with Crippen molar-refractivity contribution in [2.45, 2.75) is 13.5 Å². The Morgan fingerprint density at radius 2 is 2.05 bits per heavy atom. The highest BCUT2D eigenvalue weighted by molar-refractivity contribution is 7.13. The number of hydrogen-bond acceptors (Lipinski definition) is 6. The number of rotatable bonds is 4. The van der Waals surface area contributed by atoms with E-state index in [9.17, 15) is 14.7 Å². The molecule has 0 saturated heterocycles. The largest absolute Gasteiger partial charge is 0.508 e. The summed E-state index contributed by atoms with van der Waals surface area (Å²) in [5, 5.41) is 30.6. The van der Waals surface area contributed by atoms with E-state index in [4.69, 9.17) is 10.2 Å². The van der Waals surface area contributed by atoms with Crippen LogP contribution in [-0.2, 0) is 6.54 Å². The molecule has 1 aromatic heterocycles. The molecule has 0 aliphatic carbocycles. The van der Waals surface area contributed by atoms with Gasteiger partial charge in [0.25, 0.3) is 5.91 Å². The smallest absolute Gasteiger partial charge is 0.347 e. The number of hydrogen-bond donors (Lipinski definition) is 4. The van der Waals surface area contributed by atoms with Gasteiger partial charge in [0, 0.05) is 6.07 Å². The molecule has 2 rings (SSSR count). The van der Waals surface area contributed by atoms with Gasteiger partial charge in [-0.3, -0.25) is 4.79 Å². The van der Waals surface area contributed by atoms with Crippen molar-refractivity contribution < 1.29 is 24.9 Å². The van der Waals surface area contributed by atoms with Gasteiger partial charge in [-0.1, -0.05) is 0 Å². The van der Waals surface area contributed by atoms with Gasteiger partial charge in [0.1, 0.15) is 21.4 Å². The number of nitrogens with zero attached hydrogens (tertiary/aromatic N) is 1. The fraction of sp³-hybridized carbons (Fsp3) is 0.154. The Morgan fingerprint density at radius 3 is 2.62 bits per heavy atom. The van der Waals surface area contributed by atoms with E-state index < -0.39 is 11.9 Å². The van der Waals surface area contributed by atoms with Gasteiger partial charge in [0.2, 0.25) is 0 Å². The topological polar surface area (TPSA) is 120 Å². The third kappa shape index (κ3) is 3.29. The lowest BCUT2D eigenvalue weighted by Gasteiger charge is -2.05. The minimum absolute atomic E-state index is 0.0135. The zero-order valence-electron chi connectivity index (χ0n) is 11.0. The van der Waals surface area contributed by atoms with Crippen LogP contribution < -0.4 is 5.32 Å². The molecule has 1 heterocycles. The number of carbonyl (C=O) groups excluding carboxylic acids is 1. The van der Waals surface area contributed by atoms with Crippen LogP contribution in [0.4, 0.5) is 0 Å². The maximum Gasteiger partial charge on any atom is 0.347 e. The fourth-order valence-electron chi connectivity index (χ4n) is 1.69. The number of carbonyl (C=O) groups is 2. The predicted molar refractivity (Wildman–Crippen MR) is 74.8 cm³/mol. The van der Waals surface area contributed by atoms with Gasteiger partial charge in [0.15, 0.2) is 0 Å². The maximum absolute atomic E-state index is 11.9. The molecule has 0 aliphatic heterocycles. The first kappa shape index (κ1) is 14.8. The number of carboxylic acid groups (broad SMARTS) is 1. The predicted octanol–water partition coefficient (Wildman–Crippen LogP) is 1.49. The molecular formula is C13H12N2O5S. The van der Waals surface area contributed by atoms with E-state index in [1.54, 1.807) is 6.92 Å². The number of benzene rings is 1. The number of phenolic OH excluding ortho intramolecular Hbond substituents is 2. The van der Waals surface area contributed by atoms with Gasteiger partial charge >= 0.3 is 5.97 Å². The quantitative estimate of drug-likeness (QED) is 0.679. The number of aromatic carboxylic acids is 1. The van der Waals surface area contributed by atoms with Gasteiger partial charge in [-0.25, -0.2) is 9.78 Å². The minimum atomic E-state index is -1.06. The van der Waals surface area contributed by atoms with E-state index >= 15 is 0 Å². The fourth-order valence-corrected chi connectivity index (χ4v) is 2.53. The average Bonchev–Trinajstić information content (AvgIpc) is 2.77. The lowest BCUT2D eigenvalue weighted by atomic mass is 10.2. The molecule has 4 N–H and O–H groups in total. The highest BCUT2D eigenvalue weighted by atomic mass is 32.1. The zero-order chi connectivity index (χ0) is 15.6. The van der Waals surface area contributed by atoms with E-state index in [1.165, 1.54) is 12.1 Å². The molecule has 0 aliphatic rings. The lowest BCUT2D eigenvalue weighted by molar-refractivity contribution is 0.0701. The van der Waals surface area contributed by atoms with Gasteiger partial charge < -0.3 is 20.6 Å². The molecule has 0 spiro atoms. The summed E-state index contributed by atoms with van der Waals surface area (Å²) in [6.45, 7) is 1.63. The van der Waals surface area contributed by atoms with E-state index in [-0.39, 0.29) is 28.5 Å². The van der Waals surface area contributed by atoms with Crippen LogP contribution in [0.2, 0.25) is 0 Å². The van der Waals surface area contributed by atoms with Crippen molar-refractivity contribution in [3.05, 3.63) is 39.3 Å². The van der Waals surface area contributed by atoms with E-state index in [2.05, 4.69) is 10.3 Å². The normalized spacial score (nSPS) is 10.3. The van der Waals surface area contributed by atoms with Gasteiger partial charge in [-0.15, -0.1) is 11.3 Å². The molecule has 0 fully saturated rings. The molecule has 0 atom stereocenters. The molecule has 21 heavy (non-hydrogen) atoms. The lowest BCUT2D eigenvalue weighted by Crippen LogP contribution is -2.22. The van der Waals surface area contributed by atoms with Crippen LogP contribution in [-0.4, -0.2) is 32.2 Å². The summed E-state index contributed by atoms with van der Waals surface area (Å²) in [5.41, 5.74) is 0.406. The van der Waals surface area contributed by atoms with Crippen molar-refractivity contribution in [2.75, 3.05) is 0 Å². The number of nitrogens with one attached hydrogen (secondary N) is 1. The second-order valence-electron chi connectivity index (χ2n) is 4.21. The molecule has 0 bridgehead atoms. The van der Waals surface area contributed by atoms with Crippen molar-refractivity contribution in [1.29, 1.82) is 0 Å². The van der Waals surface area contributed by atoms with Crippen molar-refractivity contribution >= 4 is 23.2 Å². The highest BCUT2D eigenvalue weighted by Crippen LogP contribution is 2.23. The summed E-state index contributed by atoms with van der Waals surface area (Å²) in [6.07, 6.45) is 0. The molecule has 0 saturated carbocycles. The molecule has 0 radical (unpaired) electrons. The number of thiazole rings is 1. The summed E-state index contributed by atoms with van der Waals surface area (Å²) in [4.78, 5) is 27.0. The SMILES string of the molecule is Cc1nc(CNC(=O)c2ccc(O)cc2O)sc1C(=O)O. The minimum Gasteiger partial charge on any atom is -0.508 e. The number of aromatic hydroxyl groups is 2. The Bertz CT molecular complexity index is 711. The molecule has 8 heteroatoms. The van der Waals surface area contributed by atoms with Crippen molar-refractivity contribution in [3.8, 4) is 11.5 Å². The summed E-state index contributed by atoms with van der Waals surface area (Å²) < 4.78 is 0. The summed E-state index contributed by atoms with van der Waals surface area (Å²) in [7, 11) is 0. The van der Waals surface area contributed by atoms with Gasteiger partial charge in [-0.2, -0.15) is 0 Å². The number of carboxylic acids is 1. The van der Waals surface area contributed by atoms with Crippen molar-refractivity contribution in [3.63, 3.8) is 0 Å². The van der Waals surface area contributed by atoms with E-state index in [0.717, 1.165) is 17.4 Å². The van der Waals surface area contributed by atoms with Crippen LogP contribution in [0.1, 0.15) is 30.7 Å². The average molecular weight is 308 g/mol. The third-order valence-corrected chi connectivity index (χ3v) is 3.81. The van der Waals surface area contributed by atoms with E-state index in [0.29, 0.717) is 10.7 Å². The molecule has 0 unspecified atom stereocenters. The third-order valence-electron chi connectivity index (χ3n) is 2.66. The second-order valence-corrected chi connectivity index (χ2v) is 5.30. The van der Waals surface area contributed by atoms with Crippen LogP contribution in [0.5, 0.6) is 11.5 Å². The van der Waals surface area contributed by atoms with E-state index in [1.807, 2.05) is 0 Å². The van der Waals surface area contributed by atoms with Crippen LogP contribution in [0.15, 0.2) is 18.2 Å². The van der Waals surface area contributed by atoms with Gasteiger partial charge in [0.05, 0.1) is 17.8 Å². The zero-order valence-corrected chi connectivity index (χ0v) is 11.8. The van der Waals surface area contributed by atoms with Crippen LogP contribution in [0.25, 0.3) is 0 Å². The van der Waals surface area contributed by atoms with Crippen LogP contribution in [0.3, 0.4) is 0 Å².